The van der Waals surface area contributed by atoms with Crippen LogP contribution in [0.4, 0.5) is 0 Å². The van der Waals surface area contributed by atoms with Gasteiger partial charge in [0.2, 0.25) is 5.91 Å². The Bertz CT molecular complexity index is 275. The van der Waals surface area contributed by atoms with Gasteiger partial charge in [-0.05, 0) is 19.3 Å². The number of hydrogen-bond donors (Lipinski definition) is 3. The molecule has 6 nitrogen and oxygen atoms in total. The van der Waals surface area contributed by atoms with Crippen molar-refractivity contribution < 1.29 is 14.7 Å². The van der Waals surface area contributed by atoms with Crippen molar-refractivity contribution in [1.82, 2.24) is 5.32 Å². The van der Waals surface area contributed by atoms with Crippen molar-refractivity contribution in [3.63, 3.8) is 0 Å². The van der Waals surface area contributed by atoms with Crippen molar-refractivity contribution >= 4 is 11.7 Å². The first kappa shape index (κ1) is 13.8. The van der Waals surface area contributed by atoms with Crippen LogP contribution in [0.5, 0.6) is 0 Å². The van der Waals surface area contributed by atoms with Gasteiger partial charge in [-0.2, -0.15) is 0 Å². The Morgan fingerprint density at radius 1 is 1.71 bits per heavy atom. The number of amides is 1. The van der Waals surface area contributed by atoms with Crippen LogP contribution in [0.2, 0.25) is 0 Å². The summed E-state index contributed by atoms with van der Waals surface area (Å²) in [6, 6.07) is 0. The number of carbonyl (C=O) groups excluding carboxylic acids is 1. The quantitative estimate of drug-likeness (QED) is 0.273. The first-order valence-electron chi connectivity index (χ1n) is 5.99. The van der Waals surface area contributed by atoms with Gasteiger partial charge in [0.15, 0.2) is 0 Å². The molecule has 0 radical (unpaired) electrons. The summed E-state index contributed by atoms with van der Waals surface area (Å²) < 4.78 is 5.43. The average molecular weight is 243 g/mol. The standard InChI is InChI=1S/C11H21N3O3/c1-8(11(12)14-16)7-13-10(15)5-4-9-3-2-6-17-9/h8-9,16H,2-7H2,1H3,(H2,12,14)(H,13,15). The van der Waals surface area contributed by atoms with Crippen LogP contribution in [0, 0.1) is 5.92 Å². The fourth-order valence-corrected chi connectivity index (χ4v) is 1.72. The Hall–Kier alpha value is -1.30. The van der Waals surface area contributed by atoms with Gasteiger partial charge in [0, 0.05) is 25.5 Å². The first-order valence-corrected chi connectivity index (χ1v) is 5.99. The van der Waals surface area contributed by atoms with Crippen LogP contribution in [0.3, 0.4) is 0 Å². The summed E-state index contributed by atoms with van der Waals surface area (Å²) in [5, 5.41) is 14.1. The largest absolute Gasteiger partial charge is 0.409 e. The third-order valence-corrected chi connectivity index (χ3v) is 2.94. The summed E-state index contributed by atoms with van der Waals surface area (Å²) >= 11 is 0. The zero-order valence-electron chi connectivity index (χ0n) is 10.2. The van der Waals surface area contributed by atoms with Gasteiger partial charge < -0.3 is 21.0 Å². The molecule has 0 aromatic rings. The molecule has 1 fully saturated rings. The zero-order chi connectivity index (χ0) is 12.7. The molecule has 0 spiro atoms. The molecule has 0 saturated carbocycles. The van der Waals surface area contributed by atoms with Crippen molar-refractivity contribution in [2.45, 2.75) is 38.7 Å². The maximum atomic E-state index is 11.5. The molecule has 4 N–H and O–H groups in total. The lowest BCUT2D eigenvalue weighted by molar-refractivity contribution is -0.121. The second-order valence-electron chi connectivity index (χ2n) is 4.40. The van der Waals surface area contributed by atoms with Gasteiger partial charge in [0.25, 0.3) is 0 Å². The van der Waals surface area contributed by atoms with E-state index in [1.165, 1.54) is 0 Å². The smallest absolute Gasteiger partial charge is 0.220 e. The topological polar surface area (TPSA) is 96.9 Å². The van der Waals surface area contributed by atoms with Crippen LogP contribution in [0.1, 0.15) is 32.6 Å². The Kier molecular flexibility index (Phi) is 5.76. The van der Waals surface area contributed by atoms with E-state index >= 15 is 0 Å². The minimum atomic E-state index is -0.160. The van der Waals surface area contributed by atoms with Crippen molar-refractivity contribution in [2.75, 3.05) is 13.2 Å². The Morgan fingerprint density at radius 3 is 3.06 bits per heavy atom. The summed E-state index contributed by atoms with van der Waals surface area (Å²) in [5.74, 6) is -0.0470. The molecule has 0 aromatic carbocycles. The average Bonchev–Trinajstić information content (AvgIpc) is 2.85. The second kappa shape index (κ2) is 7.11. The van der Waals surface area contributed by atoms with Crippen LogP contribution in [0.25, 0.3) is 0 Å². The molecule has 1 heterocycles. The Balaban J connectivity index is 2.12. The highest BCUT2D eigenvalue weighted by atomic mass is 16.5. The molecule has 1 saturated heterocycles. The van der Waals surface area contributed by atoms with E-state index in [2.05, 4.69) is 10.5 Å². The summed E-state index contributed by atoms with van der Waals surface area (Å²) in [5.41, 5.74) is 5.40. The fraction of sp³-hybridized carbons (Fsp3) is 0.818. The molecule has 17 heavy (non-hydrogen) atoms. The number of nitrogens with zero attached hydrogens (tertiary/aromatic N) is 1. The lowest BCUT2D eigenvalue weighted by atomic mass is 10.1. The molecule has 0 aromatic heterocycles. The molecule has 98 valence electrons. The van der Waals surface area contributed by atoms with E-state index in [-0.39, 0.29) is 23.8 Å². The lowest BCUT2D eigenvalue weighted by Gasteiger charge is -2.12. The summed E-state index contributed by atoms with van der Waals surface area (Å²) in [6.07, 6.45) is 3.61. The van der Waals surface area contributed by atoms with Gasteiger partial charge in [-0.3, -0.25) is 4.79 Å². The Labute approximate surface area is 101 Å². The summed E-state index contributed by atoms with van der Waals surface area (Å²) in [6.45, 7) is 2.99. The monoisotopic (exact) mass is 243 g/mol. The predicted molar refractivity (Wildman–Crippen MR) is 63.8 cm³/mol. The highest BCUT2D eigenvalue weighted by Crippen LogP contribution is 2.16. The van der Waals surface area contributed by atoms with Gasteiger partial charge in [-0.25, -0.2) is 0 Å². The van der Waals surface area contributed by atoms with Gasteiger partial charge >= 0.3 is 0 Å². The van der Waals surface area contributed by atoms with Gasteiger partial charge in [-0.1, -0.05) is 12.1 Å². The molecular weight excluding hydrogens is 222 g/mol. The number of oxime groups is 1. The third-order valence-electron chi connectivity index (χ3n) is 2.94. The second-order valence-corrected chi connectivity index (χ2v) is 4.40. The summed E-state index contributed by atoms with van der Waals surface area (Å²) in [4.78, 5) is 11.5. The van der Waals surface area contributed by atoms with Crippen LogP contribution >= 0.6 is 0 Å². The maximum absolute atomic E-state index is 11.5. The maximum Gasteiger partial charge on any atom is 0.220 e. The molecule has 1 rings (SSSR count). The van der Waals surface area contributed by atoms with Gasteiger partial charge in [0.1, 0.15) is 5.84 Å². The number of ether oxygens (including phenoxy) is 1. The molecule has 1 aliphatic heterocycles. The fourth-order valence-electron chi connectivity index (χ4n) is 1.72. The number of nitrogens with one attached hydrogen (secondary N) is 1. The highest BCUT2D eigenvalue weighted by molar-refractivity contribution is 5.83. The van der Waals surface area contributed by atoms with E-state index in [9.17, 15) is 4.79 Å². The highest BCUT2D eigenvalue weighted by Gasteiger charge is 2.17. The third kappa shape index (κ3) is 5.04. The molecule has 6 heteroatoms. The molecule has 2 unspecified atom stereocenters. The van der Waals surface area contributed by atoms with E-state index in [0.717, 1.165) is 25.9 Å². The summed E-state index contributed by atoms with van der Waals surface area (Å²) in [7, 11) is 0. The SMILES string of the molecule is CC(CNC(=O)CCC1CCCO1)C(N)=NO. The number of rotatable bonds is 6. The molecule has 0 aliphatic carbocycles. The minimum absolute atomic E-state index is 0.0157. The van der Waals surface area contributed by atoms with E-state index < -0.39 is 0 Å². The lowest BCUT2D eigenvalue weighted by Crippen LogP contribution is -2.34. The van der Waals surface area contributed by atoms with Gasteiger partial charge in [0.05, 0.1) is 6.10 Å². The van der Waals surface area contributed by atoms with Crippen molar-refractivity contribution in [1.29, 1.82) is 0 Å². The van der Waals surface area contributed by atoms with E-state index in [4.69, 9.17) is 15.7 Å². The van der Waals surface area contributed by atoms with Crippen LogP contribution in [0.15, 0.2) is 5.16 Å². The normalized spacial score (nSPS) is 22.4. The minimum Gasteiger partial charge on any atom is -0.409 e. The molecule has 1 amide bonds. The molecule has 0 bridgehead atoms. The number of carbonyl (C=O) groups is 1. The Morgan fingerprint density at radius 2 is 2.47 bits per heavy atom. The molecular formula is C11H21N3O3. The van der Waals surface area contributed by atoms with Gasteiger partial charge in [-0.15, -0.1) is 0 Å². The number of amidine groups is 1. The predicted octanol–water partition coefficient (Wildman–Crippen LogP) is 0.444. The van der Waals surface area contributed by atoms with Crippen molar-refractivity contribution in [2.24, 2.45) is 16.8 Å². The molecule has 2 atom stereocenters. The van der Waals surface area contributed by atoms with Crippen LogP contribution in [-0.4, -0.2) is 36.2 Å². The zero-order valence-corrected chi connectivity index (χ0v) is 10.2. The van der Waals surface area contributed by atoms with E-state index in [0.29, 0.717) is 13.0 Å². The van der Waals surface area contributed by atoms with E-state index in [1.54, 1.807) is 6.92 Å². The van der Waals surface area contributed by atoms with Crippen LogP contribution in [-0.2, 0) is 9.53 Å². The first-order chi connectivity index (χ1) is 8.13. The number of nitrogens with two attached hydrogens (primary N) is 1. The van der Waals surface area contributed by atoms with E-state index in [1.807, 2.05) is 0 Å². The van der Waals surface area contributed by atoms with Crippen molar-refractivity contribution in [3.8, 4) is 0 Å². The molecule has 1 aliphatic rings. The number of hydrogen-bond acceptors (Lipinski definition) is 4. The van der Waals surface area contributed by atoms with Crippen molar-refractivity contribution in [3.05, 3.63) is 0 Å². The van der Waals surface area contributed by atoms with Crippen LogP contribution < -0.4 is 11.1 Å².